The Morgan fingerprint density at radius 3 is 2.48 bits per heavy atom. The number of nitrogens with one attached hydrogen (secondary N) is 1. The van der Waals surface area contributed by atoms with Crippen molar-refractivity contribution in [3.63, 3.8) is 0 Å². The number of fused-ring (bicyclic) bond motifs is 1. The Bertz CT molecular complexity index is 792. The summed E-state index contributed by atoms with van der Waals surface area (Å²) in [7, 11) is 1.64. The molecule has 2 aromatic rings. The Kier molecular flexibility index (Phi) is 5.11. The van der Waals surface area contributed by atoms with Crippen molar-refractivity contribution in [1.82, 2.24) is 9.80 Å². The lowest BCUT2D eigenvalue weighted by atomic mass is 10.0. The first-order valence-electron chi connectivity index (χ1n) is 9.34. The molecule has 1 fully saturated rings. The van der Waals surface area contributed by atoms with Crippen molar-refractivity contribution in [3.8, 4) is 0 Å². The number of para-hydroxylation sites is 1. The molecule has 27 heavy (non-hydrogen) atoms. The van der Waals surface area contributed by atoms with Gasteiger partial charge in [0.2, 0.25) is 5.85 Å². The predicted octanol–water partition coefficient (Wildman–Crippen LogP) is 2.34. The van der Waals surface area contributed by atoms with Gasteiger partial charge in [0, 0.05) is 38.9 Å². The molecule has 2 heterocycles. The molecule has 1 N–H and O–H groups in total. The van der Waals surface area contributed by atoms with Crippen molar-refractivity contribution >= 4 is 11.6 Å². The van der Waals surface area contributed by atoms with Crippen molar-refractivity contribution in [2.24, 2.45) is 0 Å². The van der Waals surface area contributed by atoms with E-state index in [0.29, 0.717) is 12.1 Å². The minimum Gasteiger partial charge on any atom is -0.379 e. The molecule has 4 rings (SSSR count). The Morgan fingerprint density at radius 1 is 1.04 bits per heavy atom. The topological polar surface area (TPSA) is 54.0 Å². The molecule has 2 aromatic carbocycles. The zero-order valence-corrected chi connectivity index (χ0v) is 15.6. The summed E-state index contributed by atoms with van der Waals surface area (Å²) in [6.07, 6.45) is 0. The third kappa shape index (κ3) is 3.32. The lowest BCUT2D eigenvalue weighted by Crippen LogP contribution is -2.60. The molecule has 0 aromatic heterocycles. The number of methoxy groups -OCH3 is 1. The largest absolute Gasteiger partial charge is 0.379 e. The molecule has 1 amide bonds. The second-order valence-corrected chi connectivity index (χ2v) is 6.80. The van der Waals surface area contributed by atoms with Gasteiger partial charge in [-0.25, -0.2) is 0 Å². The highest BCUT2D eigenvalue weighted by Gasteiger charge is 2.46. The number of anilines is 1. The van der Waals surface area contributed by atoms with Gasteiger partial charge < -0.3 is 14.8 Å². The maximum atomic E-state index is 13.4. The monoisotopic (exact) mass is 367 g/mol. The van der Waals surface area contributed by atoms with Crippen LogP contribution >= 0.6 is 0 Å². The molecular weight excluding hydrogens is 342 g/mol. The van der Waals surface area contributed by atoms with Crippen LogP contribution in [0.2, 0.25) is 0 Å². The highest BCUT2D eigenvalue weighted by atomic mass is 16.5. The maximum Gasteiger partial charge on any atom is 0.259 e. The molecule has 0 spiro atoms. The first-order valence-corrected chi connectivity index (χ1v) is 9.34. The van der Waals surface area contributed by atoms with Crippen LogP contribution in [0.4, 0.5) is 5.69 Å². The molecule has 142 valence electrons. The zero-order chi connectivity index (χ0) is 18.7. The van der Waals surface area contributed by atoms with Crippen LogP contribution in [0.25, 0.3) is 0 Å². The van der Waals surface area contributed by atoms with Gasteiger partial charge in [-0.15, -0.1) is 0 Å². The zero-order valence-electron chi connectivity index (χ0n) is 15.6. The molecule has 0 bridgehead atoms. The minimum atomic E-state index is -1.03. The number of nitrogens with zero attached hydrogens (tertiary/aromatic N) is 2. The van der Waals surface area contributed by atoms with E-state index in [1.54, 1.807) is 12.0 Å². The van der Waals surface area contributed by atoms with Gasteiger partial charge in [0.1, 0.15) is 0 Å². The highest BCUT2D eigenvalue weighted by molar-refractivity contribution is 6.02. The van der Waals surface area contributed by atoms with Crippen molar-refractivity contribution in [1.29, 1.82) is 0 Å². The van der Waals surface area contributed by atoms with Gasteiger partial charge in [0.25, 0.3) is 5.91 Å². The van der Waals surface area contributed by atoms with Crippen LogP contribution in [-0.2, 0) is 15.3 Å². The SMILES string of the molecule is COC1(c2ccccc2)Nc2ccccc2C(=O)N1CCN1CCOCC1. The second kappa shape index (κ2) is 7.68. The standard InChI is InChI=1S/C21H25N3O3/c1-26-21(17-7-3-2-4-8-17)22-19-10-6-5-9-18(19)20(25)24(21)12-11-23-13-15-27-16-14-23/h2-10,22H,11-16H2,1H3. The number of carbonyl (C=O) groups is 1. The predicted molar refractivity (Wildman–Crippen MR) is 103 cm³/mol. The van der Waals surface area contributed by atoms with E-state index in [9.17, 15) is 4.79 Å². The van der Waals surface area contributed by atoms with Gasteiger partial charge in [-0.2, -0.15) is 0 Å². The number of carbonyl (C=O) groups excluding carboxylic acids is 1. The van der Waals surface area contributed by atoms with E-state index in [-0.39, 0.29) is 5.91 Å². The average molecular weight is 367 g/mol. The van der Waals surface area contributed by atoms with Crippen LogP contribution in [0.1, 0.15) is 15.9 Å². The normalized spacial score (nSPS) is 23.0. The Labute approximate surface area is 159 Å². The van der Waals surface area contributed by atoms with Crippen molar-refractivity contribution in [2.75, 3.05) is 51.8 Å². The maximum absolute atomic E-state index is 13.4. The molecule has 0 saturated carbocycles. The summed E-state index contributed by atoms with van der Waals surface area (Å²) in [6.45, 7) is 4.58. The summed E-state index contributed by atoms with van der Waals surface area (Å²) in [4.78, 5) is 17.5. The highest BCUT2D eigenvalue weighted by Crippen LogP contribution is 2.38. The van der Waals surface area contributed by atoms with Gasteiger partial charge in [-0.1, -0.05) is 42.5 Å². The molecular formula is C21H25N3O3. The number of morpholine rings is 1. The molecule has 1 atom stereocenters. The van der Waals surface area contributed by atoms with Gasteiger partial charge in [0.05, 0.1) is 24.5 Å². The first-order chi connectivity index (χ1) is 13.2. The summed E-state index contributed by atoms with van der Waals surface area (Å²) in [6, 6.07) is 17.4. The summed E-state index contributed by atoms with van der Waals surface area (Å²) < 4.78 is 11.4. The number of ether oxygens (including phenoxy) is 2. The Morgan fingerprint density at radius 2 is 1.74 bits per heavy atom. The number of hydrogen-bond donors (Lipinski definition) is 1. The number of rotatable bonds is 5. The molecule has 2 aliphatic heterocycles. The third-order valence-corrected chi connectivity index (χ3v) is 5.29. The fraction of sp³-hybridized carbons (Fsp3) is 0.381. The van der Waals surface area contributed by atoms with E-state index in [1.807, 2.05) is 54.6 Å². The quantitative estimate of drug-likeness (QED) is 0.879. The fourth-order valence-electron chi connectivity index (χ4n) is 3.81. The first kappa shape index (κ1) is 18.0. The lowest BCUT2D eigenvalue weighted by molar-refractivity contribution is -0.107. The summed E-state index contributed by atoms with van der Waals surface area (Å²) in [5.41, 5.74) is 2.36. The minimum absolute atomic E-state index is 0.0247. The van der Waals surface area contributed by atoms with E-state index >= 15 is 0 Å². The van der Waals surface area contributed by atoms with E-state index in [2.05, 4.69) is 10.2 Å². The van der Waals surface area contributed by atoms with E-state index in [4.69, 9.17) is 9.47 Å². The van der Waals surface area contributed by atoms with Crippen LogP contribution in [-0.4, -0.2) is 62.2 Å². The van der Waals surface area contributed by atoms with E-state index in [1.165, 1.54) is 0 Å². The van der Waals surface area contributed by atoms with Crippen LogP contribution in [0.3, 0.4) is 0 Å². The van der Waals surface area contributed by atoms with Gasteiger partial charge in [0.15, 0.2) is 0 Å². The van der Waals surface area contributed by atoms with Crippen LogP contribution < -0.4 is 5.32 Å². The number of benzene rings is 2. The van der Waals surface area contributed by atoms with Gasteiger partial charge in [-0.05, 0) is 12.1 Å². The smallest absolute Gasteiger partial charge is 0.259 e. The van der Waals surface area contributed by atoms with Crippen molar-refractivity contribution < 1.29 is 14.3 Å². The number of hydrogen-bond acceptors (Lipinski definition) is 5. The fourth-order valence-corrected chi connectivity index (χ4v) is 3.81. The molecule has 6 nitrogen and oxygen atoms in total. The summed E-state index contributed by atoms with van der Waals surface area (Å²) >= 11 is 0. The van der Waals surface area contributed by atoms with Crippen LogP contribution in [0.15, 0.2) is 54.6 Å². The number of amides is 1. The van der Waals surface area contributed by atoms with Crippen molar-refractivity contribution in [2.45, 2.75) is 5.85 Å². The van der Waals surface area contributed by atoms with Crippen LogP contribution in [0.5, 0.6) is 0 Å². The average Bonchev–Trinajstić information content (AvgIpc) is 2.74. The van der Waals surface area contributed by atoms with E-state index < -0.39 is 5.85 Å². The van der Waals surface area contributed by atoms with E-state index in [0.717, 1.165) is 44.1 Å². The Hall–Kier alpha value is -2.41. The summed E-state index contributed by atoms with van der Waals surface area (Å²) in [5.74, 6) is -1.05. The lowest BCUT2D eigenvalue weighted by Gasteiger charge is -2.47. The molecule has 1 unspecified atom stereocenters. The van der Waals surface area contributed by atoms with Gasteiger partial charge >= 0.3 is 0 Å². The third-order valence-electron chi connectivity index (χ3n) is 5.29. The Balaban J connectivity index is 1.70. The van der Waals surface area contributed by atoms with Crippen LogP contribution in [0, 0.1) is 0 Å². The second-order valence-electron chi connectivity index (χ2n) is 6.80. The molecule has 0 radical (unpaired) electrons. The molecule has 1 saturated heterocycles. The molecule has 6 heteroatoms. The van der Waals surface area contributed by atoms with Gasteiger partial charge in [-0.3, -0.25) is 14.6 Å². The molecule has 2 aliphatic rings. The molecule has 0 aliphatic carbocycles. The van der Waals surface area contributed by atoms with Crippen molar-refractivity contribution in [3.05, 3.63) is 65.7 Å². The summed E-state index contributed by atoms with van der Waals surface area (Å²) in [5, 5.41) is 3.48.